The van der Waals surface area contributed by atoms with Gasteiger partial charge in [-0.25, -0.2) is 0 Å². The van der Waals surface area contributed by atoms with Crippen molar-refractivity contribution >= 4 is 5.96 Å². The molecule has 1 fully saturated rings. The van der Waals surface area contributed by atoms with E-state index in [2.05, 4.69) is 58.1 Å². The van der Waals surface area contributed by atoms with Crippen LogP contribution in [0.25, 0.3) is 0 Å². The number of hydrogen-bond donors (Lipinski definition) is 2. The highest BCUT2D eigenvalue weighted by Gasteiger charge is 2.53. The molecule has 0 radical (unpaired) electrons. The second-order valence-electron chi connectivity index (χ2n) is 6.61. The van der Waals surface area contributed by atoms with Gasteiger partial charge in [-0.2, -0.15) is 0 Å². The highest BCUT2D eigenvalue weighted by Crippen LogP contribution is 2.48. The molecule has 0 aliphatic heterocycles. The fraction of sp³-hybridized carbons (Fsp3) is 0.833. The van der Waals surface area contributed by atoms with Crippen molar-refractivity contribution < 1.29 is 4.74 Å². The van der Waals surface area contributed by atoms with Gasteiger partial charge in [0.25, 0.3) is 0 Å². The van der Waals surface area contributed by atoms with Gasteiger partial charge in [0.1, 0.15) is 12.2 Å². The molecule has 1 saturated carbocycles. The molecule has 7 nitrogen and oxygen atoms in total. The molecule has 2 unspecified atom stereocenters. The van der Waals surface area contributed by atoms with E-state index in [1.807, 2.05) is 7.05 Å². The number of nitrogens with zero attached hydrogens (tertiary/aromatic N) is 4. The standard InChI is InChI=1S/C18H34N6O/c1-6-16-23-21-13-24(16)11-10-20-17(19-5)22-14-12-15(25-9-4)18(14,7-2)8-3/h13-15H,6-12H2,1-5H3,(H2,19,20,22). The maximum Gasteiger partial charge on any atom is 0.191 e. The Morgan fingerprint density at radius 3 is 2.72 bits per heavy atom. The fourth-order valence-electron chi connectivity index (χ4n) is 3.98. The van der Waals surface area contributed by atoms with Gasteiger partial charge >= 0.3 is 0 Å². The van der Waals surface area contributed by atoms with Crippen LogP contribution in [0.1, 0.15) is 52.8 Å². The molecule has 0 saturated heterocycles. The molecule has 2 atom stereocenters. The molecule has 0 aromatic carbocycles. The average Bonchev–Trinajstić information content (AvgIpc) is 3.08. The third-order valence-corrected chi connectivity index (χ3v) is 5.66. The van der Waals surface area contributed by atoms with Crippen molar-refractivity contribution in [2.24, 2.45) is 10.4 Å². The average molecular weight is 351 g/mol. The smallest absolute Gasteiger partial charge is 0.191 e. The highest BCUT2D eigenvalue weighted by molar-refractivity contribution is 5.80. The second-order valence-corrected chi connectivity index (χ2v) is 6.61. The predicted octanol–water partition coefficient (Wildman–Crippen LogP) is 1.99. The van der Waals surface area contributed by atoms with E-state index in [4.69, 9.17) is 4.74 Å². The Balaban J connectivity index is 1.87. The van der Waals surface area contributed by atoms with Gasteiger partial charge in [0.2, 0.25) is 0 Å². The van der Waals surface area contributed by atoms with E-state index < -0.39 is 0 Å². The van der Waals surface area contributed by atoms with E-state index in [1.165, 1.54) is 0 Å². The van der Waals surface area contributed by atoms with Gasteiger partial charge in [-0.3, -0.25) is 4.99 Å². The molecule has 1 aromatic rings. The Bertz CT molecular complexity index is 552. The summed E-state index contributed by atoms with van der Waals surface area (Å²) in [4.78, 5) is 4.39. The summed E-state index contributed by atoms with van der Waals surface area (Å²) in [6, 6.07) is 0.409. The largest absolute Gasteiger partial charge is 0.378 e. The summed E-state index contributed by atoms with van der Waals surface area (Å²) < 4.78 is 8.04. The van der Waals surface area contributed by atoms with Gasteiger partial charge in [0, 0.05) is 44.6 Å². The SMILES string of the molecule is CCOC1CC(NC(=NC)NCCn2cnnc2CC)C1(CC)CC. The Kier molecular flexibility index (Phi) is 7.23. The summed E-state index contributed by atoms with van der Waals surface area (Å²) in [5, 5.41) is 15.1. The first kappa shape index (κ1) is 19.7. The van der Waals surface area contributed by atoms with E-state index in [1.54, 1.807) is 6.33 Å². The zero-order chi connectivity index (χ0) is 18.3. The minimum absolute atomic E-state index is 0.206. The number of rotatable bonds is 9. The lowest BCUT2D eigenvalue weighted by Gasteiger charge is -2.55. The van der Waals surface area contributed by atoms with Crippen LogP contribution in [0.5, 0.6) is 0 Å². The van der Waals surface area contributed by atoms with Gasteiger partial charge in [-0.15, -0.1) is 10.2 Å². The molecule has 1 aromatic heterocycles. The first-order valence-electron chi connectivity index (χ1n) is 9.60. The van der Waals surface area contributed by atoms with E-state index in [9.17, 15) is 0 Å². The van der Waals surface area contributed by atoms with Crippen LogP contribution in [0.15, 0.2) is 11.3 Å². The van der Waals surface area contributed by atoms with Crippen molar-refractivity contribution in [1.29, 1.82) is 0 Å². The van der Waals surface area contributed by atoms with Gasteiger partial charge < -0.3 is 19.9 Å². The van der Waals surface area contributed by atoms with Crippen LogP contribution in [-0.4, -0.2) is 53.1 Å². The van der Waals surface area contributed by atoms with Gasteiger partial charge in [0.05, 0.1) is 6.10 Å². The third kappa shape index (κ3) is 4.14. The first-order valence-corrected chi connectivity index (χ1v) is 9.60. The maximum absolute atomic E-state index is 5.96. The molecule has 7 heteroatoms. The van der Waals surface area contributed by atoms with Crippen LogP contribution in [0, 0.1) is 5.41 Å². The molecule has 1 heterocycles. The van der Waals surface area contributed by atoms with Crippen molar-refractivity contribution in [1.82, 2.24) is 25.4 Å². The zero-order valence-corrected chi connectivity index (χ0v) is 16.4. The molecule has 2 N–H and O–H groups in total. The maximum atomic E-state index is 5.96. The zero-order valence-electron chi connectivity index (χ0n) is 16.4. The fourth-order valence-corrected chi connectivity index (χ4v) is 3.98. The molecule has 0 amide bonds. The number of aromatic nitrogens is 3. The number of aliphatic imine (C=N–C) groups is 1. The van der Waals surface area contributed by atoms with Crippen LogP contribution in [0.3, 0.4) is 0 Å². The van der Waals surface area contributed by atoms with E-state index in [-0.39, 0.29) is 5.41 Å². The highest BCUT2D eigenvalue weighted by atomic mass is 16.5. The van der Waals surface area contributed by atoms with E-state index in [0.717, 1.165) is 57.2 Å². The summed E-state index contributed by atoms with van der Waals surface area (Å²) in [7, 11) is 1.82. The summed E-state index contributed by atoms with van der Waals surface area (Å²) in [5.41, 5.74) is 0.206. The lowest BCUT2D eigenvalue weighted by atomic mass is 9.58. The van der Waals surface area contributed by atoms with Crippen LogP contribution in [0.2, 0.25) is 0 Å². The van der Waals surface area contributed by atoms with Gasteiger partial charge in [0.15, 0.2) is 5.96 Å². The Morgan fingerprint density at radius 2 is 2.12 bits per heavy atom. The van der Waals surface area contributed by atoms with Crippen molar-refractivity contribution in [3.63, 3.8) is 0 Å². The predicted molar refractivity (Wildman–Crippen MR) is 101 cm³/mol. The number of aryl methyl sites for hydroxylation is 1. The summed E-state index contributed by atoms with van der Waals surface area (Å²) in [6.07, 6.45) is 6.30. The lowest BCUT2D eigenvalue weighted by molar-refractivity contribution is -0.133. The Hall–Kier alpha value is -1.63. The van der Waals surface area contributed by atoms with E-state index >= 15 is 0 Å². The summed E-state index contributed by atoms with van der Waals surface area (Å²) in [5.74, 6) is 1.87. The molecule has 0 bridgehead atoms. The second kappa shape index (κ2) is 9.17. The quantitative estimate of drug-likeness (QED) is 0.526. The number of hydrogen-bond acceptors (Lipinski definition) is 4. The van der Waals surface area contributed by atoms with E-state index in [0.29, 0.717) is 12.1 Å². The normalized spacial score (nSPS) is 22.5. The van der Waals surface area contributed by atoms with Crippen molar-refractivity contribution in [3.8, 4) is 0 Å². The van der Waals surface area contributed by atoms with Crippen LogP contribution in [-0.2, 0) is 17.7 Å². The van der Waals surface area contributed by atoms with Crippen LogP contribution < -0.4 is 10.6 Å². The minimum Gasteiger partial charge on any atom is -0.378 e. The van der Waals surface area contributed by atoms with Crippen LogP contribution >= 0.6 is 0 Å². The van der Waals surface area contributed by atoms with Gasteiger partial charge in [-0.1, -0.05) is 20.8 Å². The molecule has 142 valence electrons. The van der Waals surface area contributed by atoms with Gasteiger partial charge in [-0.05, 0) is 26.2 Å². The summed E-state index contributed by atoms with van der Waals surface area (Å²) >= 11 is 0. The number of guanidine groups is 1. The monoisotopic (exact) mass is 350 g/mol. The van der Waals surface area contributed by atoms with Crippen molar-refractivity contribution in [2.45, 2.75) is 72.1 Å². The molecular formula is C18H34N6O. The lowest BCUT2D eigenvalue weighted by Crippen LogP contribution is -2.65. The number of ether oxygens (including phenoxy) is 1. The minimum atomic E-state index is 0.206. The topological polar surface area (TPSA) is 76.4 Å². The Labute approximate surface area is 151 Å². The molecule has 0 spiro atoms. The van der Waals surface area contributed by atoms with Crippen molar-refractivity contribution in [2.75, 3.05) is 20.2 Å². The number of nitrogens with one attached hydrogen (secondary N) is 2. The molecule has 25 heavy (non-hydrogen) atoms. The van der Waals surface area contributed by atoms with Crippen LogP contribution in [0.4, 0.5) is 0 Å². The van der Waals surface area contributed by atoms with Crippen molar-refractivity contribution in [3.05, 3.63) is 12.2 Å². The summed E-state index contributed by atoms with van der Waals surface area (Å²) in [6.45, 7) is 11.1. The molecule has 1 aliphatic carbocycles. The molecule has 1 aliphatic rings. The molecule has 2 rings (SSSR count). The first-order chi connectivity index (χ1) is 12.1. The third-order valence-electron chi connectivity index (χ3n) is 5.66. The molecular weight excluding hydrogens is 316 g/mol. The Morgan fingerprint density at radius 1 is 1.36 bits per heavy atom.